The number of aromatic nitrogens is 1. The highest BCUT2D eigenvalue weighted by Gasteiger charge is 2.13. The number of nitrogens with zero attached hydrogens (tertiary/aromatic N) is 1. The molecule has 1 heterocycles. The molecule has 1 rings (SSSR count). The van der Waals surface area contributed by atoms with Crippen molar-refractivity contribution in [1.82, 2.24) is 10.3 Å². The van der Waals surface area contributed by atoms with Gasteiger partial charge in [-0.05, 0) is 37.3 Å². The van der Waals surface area contributed by atoms with Crippen LogP contribution in [0.5, 0.6) is 0 Å². The van der Waals surface area contributed by atoms with Crippen LogP contribution in [0.25, 0.3) is 0 Å². The van der Waals surface area contributed by atoms with Crippen molar-refractivity contribution >= 4 is 23.5 Å². The summed E-state index contributed by atoms with van der Waals surface area (Å²) in [5.41, 5.74) is 0.267. The maximum absolute atomic E-state index is 13.2. The van der Waals surface area contributed by atoms with Crippen LogP contribution in [0.4, 0.5) is 10.2 Å². The number of amides is 1. The SMILES string of the molecule is CCCNc1ncc(F)cc1C(=O)NCCCCSC. The lowest BCUT2D eigenvalue weighted by Crippen LogP contribution is -2.26. The zero-order chi connectivity index (χ0) is 14.8. The summed E-state index contributed by atoms with van der Waals surface area (Å²) in [6.07, 6.45) is 6.07. The summed E-state index contributed by atoms with van der Waals surface area (Å²) in [6.45, 7) is 3.32. The second kappa shape index (κ2) is 9.58. The molecule has 0 fully saturated rings. The van der Waals surface area contributed by atoms with Gasteiger partial charge in [-0.25, -0.2) is 9.37 Å². The van der Waals surface area contributed by atoms with Crippen LogP contribution >= 0.6 is 11.8 Å². The quantitative estimate of drug-likeness (QED) is 0.688. The number of unbranched alkanes of at least 4 members (excludes halogenated alkanes) is 1. The van der Waals surface area contributed by atoms with Crippen LogP contribution in [0.2, 0.25) is 0 Å². The van der Waals surface area contributed by atoms with E-state index in [0.717, 1.165) is 31.2 Å². The van der Waals surface area contributed by atoms with Crippen molar-refractivity contribution in [2.45, 2.75) is 26.2 Å². The number of pyridine rings is 1. The molecule has 0 aliphatic carbocycles. The van der Waals surface area contributed by atoms with Gasteiger partial charge in [-0.1, -0.05) is 6.92 Å². The maximum Gasteiger partial charge on any atom is 0.255 e. The van der Waals surface area contributed by atoms with E-state index < -0.39 is 5.82 Å². The number of nitrogens with one attached hydrogen (secondary N) is 2. The van der Waals surface area contributed by atoms with E-state index in [4.69, 9.17) is 0 Å². The predicted molar refractivity (Wildman–Crippen MR) is 82.9 cm³/mol. The Bertz CT molecular complexity index is 429. The summed E-state index contributed by atoms with van der Waals surface area (Å²) in [6, 6.07) is 1.22. The molecule has 0 aromatic carbocycles. The van der Waals surface area contributed by atoms with Crippen LogP contribution in [0.3, 0.4) is 0 Å². The first-order valence-electron chi connectivity index (χ1n) is 6.85. The van der Waals surface area contributed by atoms with Crippen molar-refractivity contribution in [3.63, 3.8) is 0 Å². The largest absolute Gasteiger partial charge is 0.369 e. The molecule has 1 aromatic rings. The lowest BCUT2D eigenvalue weighted by Gasteiger charge is -2.10. The summed E-state index contributed by atoms with van der Waals surface area (Å²) in [7, 11) is 0. The predicted octanol–water partition coefficient (Wildman–Crippen LogP) is 2.92. The fourth-order valence-electron chi connectivity index (χ4n) is 1.67. The lowest BCUT2D eigenvalue weighted by atomic mass is 10.2. The van der Waals surface area contributed by atoms with Crippen molar-refractivity contribution in [1.29, 1.82) is 0 Å². The summed E-state index contributed by atoms with van der Waals surface area (Å²) in [4.78, 5) is 16.0. The topological polar surface area (TPSA) is 54.0 Å². The summed E-state index contributed by atoms with van der Waals surface area (Å²) in [5, 5.41) is 5.85. The molecule has 20 heavy (non-hydrogen) atoms. The van der Waals surface area contributed by atoms with Crippen molar-refractivity contribution in [2.75, 3.05) is 30.4 Å². The minimum atomic E-state index is -0.500. The second-order valence-electron chi connectivity index (χ2n) is 4.43. The molecule has 0 bridgehead atoms. The van der Waals surface area contributed by atoms with Gasteiger partial charge in [0.1, 0.15) is 11.6 Å². The first kappa shape index (κ1) is 16.8. The van der Waals surface area contributed by atoms with Crippen LogP contribution in [0, 0.1) is 5.82 Å². The fraction of sp³-hybridized carbons (Fsp3) is 0.571. The number of anilines is 1. The monoisotopic (exact) mass is 299 g/mol. The van der Waals surface area contributed by atoms with Gasteiger partial charge in [0.15, 0.2) is 0 Å². The van der Waals surface area contributed by atoms with E-state index in [1.54, 1.807) is 11.8 Å². The number of hydrogen-bond acceptors (Lipinski definition) is 4. The lowest BCUT2D eigenvalue weighted by molar-refractivity contribution is 0.0953. The van der Waals surface area contributed by atoms with Crippen LogP contribution < -0.4 is 10.6 Å². The van der Waals surface area contributed by atoms with Crippen LogP contribution in [0.15, 0.2) is 12.3 Å². The molecular weight excluding hydrogens is 277 g/mol. The molecule has 0 saturated heterocycles. The van der Waals surface area contributed by atoms with Crippen LogP contribution in [0.1, 0.15) is 36.5 Å². The van der Waals surface area contributed by atoms with Gasteiger partial charge < -0.3 is 10.6 Å². The van der Waals surface area contributed by atoms with E-state index >= 15 is 0 Å². The maximum atomic E-state index is 13.2. The molecule has 112 valence electrons. The number of carbonyl (C=O) groups is 1. The highest BCUT2D eigenvalue weighted by Crippen LogP contribution is 2.13. The van der Waals surface area contributed by atoms with E-state index in [2.05, 4.69) is 21.9 Å². The molecule has 0 radical (unpaired) electrons. The second-order valence-corrected chi connectivity index (χ2v) is 5.42. The van der Waals surface area contributed by atoms with E-state index in [9.17, 15) is 9.18 Å². The molecule has 0 saturated carbocycles. The molecule has 0 spiro atoms. The number of halogens is 1. The highest BCUT2D eigenvalue weighted by molar-refractivity contribution is 7.98. The van der Waals surface area contributed by atoms with Crippen LogP contribution in [-0.4, -0.2) is 36.0 Å². The van der Waals surface area contributed by atoms with Crippen molar-refractivity contribution in [3.05, 3.63) is 23.6 Å². The molecule has 6 heteroatoms. The van der Waals surface area contributed by atoms with Crippen molar-refractivity contribution in [2.24, 2.45) is 0 Å². The number of hydrogen-bond donors (Lipinski definition) is 2. The first-order chi connectivity index (χ1) is 9.69. The first-order valence-corrected chi connectivity index (χ1v) is 8.25. The Morgan fingerprint density at radius 1 is 1.40 bits per heavy atom. The Hall–Kier alpha value is -1.30. The van der Waals surface area contributed by atoms with Gasteiger partial charge in [0, 0.05) is 13.1 Å². The Labute approximate surface area is 123 Å². The van der Waals surface area contributed by atoms with Crippen molar-refractivity contribution in [3.8, 4) is 0 Å². The van der Waals surface area contributed by atoms with Gasteiger partial charge in [0.2, 0.25) is 0 Å². The average molecular weight is 299 g/mol. The summed E-state index contributed by atoms with van der Waals surface area (Å²) in [5.74, 6) is 0.745. The van der Waals surface area contributed by atoms with Gasteiger partial charge in [-0.15, -0.1) is 0 Å². The summed E-state index contributed by atoms with van der Waals surface area (Å²) < 4.78 is 13.2. The van der Waals surface area contributed by atoms with Gasteiger partial charge in [0.25, 0.3) is 5.91 Å². The minimum absolute atomic E-state index is 0.267. The van der Waals surface area contributed by atoms with Gasteiger partial charge in [0.05, 0.1) is 11.8 Å². The zero-order valence-electron chi connectivity index (χ0n) is 12.0. The van der Waals surface area contributed by atoms with E-state index in [1.807, 2.05) is 6.92 Å². The molecule has 2 N–H and O–H groups in total. The Balaban J connectivity index is 2.58. The van der Waals surface area contributed by atoms with Gasteiger partial charge in [-0.2, -0.15) is 11.8 Å². The minimum Gasteiger partial charge on any atom is -0.369 e. The molecule has 0 aliphatic heterocycles. The smallest absolute Gasteiger partial charge is 0.255 e. The van der Waals surface area contributed by atoms with E-state index in [1.165, 1.54) is 6.07 Å². The summed E-state index contributed by atoms with van der Waals surface area (Å²) >= 11 is 1.79. The van der Waals surface area contributed by atoms with Gasteiger partial charge in [-0.3, -0.25) is 4.79 Å². The third-order valence-electron chi connectivity index (χ3n) is 2.70. The fourth-order valence-corrected chi connectivity index (χ4v) is 2.16. The molecule has 0 unspecified atom stereocenters. The molecule has 1 amide bonds. The Morgan fingerprint density at radius 2 is 2.20 bits per heavy atom. The molecule has 4 nitrogen and oxygen atoms in total. The molecule has 0 atom stereocenters. The van der Waals surface area contributed by atoms with E-state index in [-0.39, 0.29) is 11.5 Å². The Kier molecular flexibility index (Phi) is 8.02. The highest BCUT2D eigenvalue weighted by atomic mass is 32.2. The van der Waals surface area contributed by atoms with Crippen LogP contribution in [-0.2, 0) is 0 Å². The number of rotatable bonds is 9. The number of carbonyl (C=O) groups excluding carboxylic acids is 1. The molecular formula is C14H22FN3OS. The Morgan fingerprint density at radius 3 is 2.90 bits per heavy atom. The number of thioether (sulfide) groups is 1. The molecule has 0 aliphatic rings. The standard InChI is InChI=1S/C14H22FN3OS/c1-3-6-16-13-12(9-11(15)10-18-13)14(19)17-7-4-5-8-20-2/h9-10H,3-8H2,1-2H3,(H,16,18)(H,17,19). The van der Waals surface area contributed by atoms with E-state index in [0.29, 0.717) is 18.9 Å². The van der Waals surface area contributed by atoms with Gasteiger partial charge >= 0.3 is 0 Å². The van der Waals surface area contributed by atoms with Crippen molar-refractivity contribution < 1.29 is 9.18 Å². The molecule has 1 aromatic heterocycles. The average Bonchev–Trinajstić information content (AvgIpc) is 2.45. The zero-order valence-corrected chi connectivity index (χ0v) is 12.9. The normalized spacial score (nSPS) is 10.3. The third-order valence-corrected chi connectivity index (χ3v) is 3.40. The third kappa shape index (κ3) is 5.77.